The molecular weight excluding hydrogens is 266 g/mol. The molecule has 1 amide bonds. The molecule has 1 aliphatic rings. The van der Waals surface area contributed by atoms with E-state index in [9.17, 15) is 4.79 Å². The first kappa shape index (κ1) is 13.7. The van der Waals surface area contributed by atoms with Gasteiger partial charge in [-0.05, 0) is 31.9 Å². The number of benzene rings is 1. The van der Waals surface area contributed by atoms with Crippen molar-refractivity contribution in [3.63, 3.8) is 0 Å². The van der Waals surface area contributed by atoms with E-state index in [4.69, 9.17) is 4.42 Å². The quantitative estimate of drug-likeness (QED) is 0.940. The third kappa shape index (κ3) is 3.07. The van der Waals surface area contributed by atoms with E-state index in [2.05, 4.69) is 39.5 Å². The summed E-state index contributed by atoms with van der Waals surface area (Å²) < 4.78 is 5.07. The van der Waals surface area contributed by atoms with E-state index in [0.717, 1.165) is 25.9 Å². The standard InChI is InChI=1S/C16H19N3O2/c1-12-15(17-11-21-12)16(20)18-13-7-9-19(10-8-13)14-5-3-2-4-6-14/h2-6,11,13H,7-10H2,1H3,(H,18,20). The molecule has 0 aliphatic carbocycles. The molecule has 1 N–H and O–H groups in total. The number of amides is 1. The van der Waals surface area contributed by atoms with Crippen LogP contribution in [0.5, 0.6) is 0 Å². The van der Waals surface area contributed by atoms with E-state index < -0.39 is 0 Å². The van der Waals surface area contributed by atoms with Crippen molar-refractivity contribution in [2.45, 2.75) is 25.8 Å². The Morgan fingerprint density at radius 1 is 1.29 bits per heavy atom. The molecule has 21 heavy (non-hydrogen) atoms. The number of anilines is 1. The van der Waals surface area contributed by atoms with Gasteiger partial charge in [0.2, 0.25) is 0 Å². The highest BCUT2D eigenvalue weighted by Crippen LogP contribution is 2.19. The minimum Gasteiger partial charge on any atom is -0.448 e. The lowest BCUT2D eigenvalue weighted by molar-refractivity contribution is 0.0925. The second-order valence-electron chi connectivity index (χ2n) is 5.33. The molecule has 110 valence electrons. The van der Waals surface area contributed by atoms with Crippen molar-refractivity contribution in [3.05, 3.63) is 48.2 Å². The molecule has 5 heteroatoms. The molecule has 0 atom stereocenters. The van der Waals surface area contributed by atoms with E-state index in [1.54, 1.807) is 6.92 Å². The Morgan fingerprint density at radius 3 is 2.62 bits per heavy atom. The molecule has 1 aromatic carbocycles. The molecule has 0 radical (unpaired) electrons. The van der Waals surface area contributed by atoms with Gasteiger partial charge in [-0.2, -0.15) is 0 Å². The number of para-hydroxylation sites is 1. The maximum absolute atomic E-state index is 12.1. The normalized spacial score (nSPS) is 16.0. The minimum absolute atomic E-state index is 0.139. The third-order valence-corrected chi connectivity index (χ3v) is 3.91. The number of hydrogen-bond acceptors (Lipinski definition) is 4. The van der Waals surface area contributed by atoms with Crippen LogP contribution in [0.25, 0.3) is 0 Å². The minimum atomic E-state index is -0.139. The highest BCUT2D eigenvalue weighted by molar-refractivity contribution is 5.93. The Morgan fingerprint density at radius 2 is 2.00 bits per heavy atom. The van der Waals surface area contributed by atoms with E-state index in [1.165, 1.54) is 12.1 Å². The lowest BCUT2D eigenvalue weighted by Gasteiger charge is -2.33. The Hall–Kier alpha value is -2.30. The zero-order valence-corrected chi connectivity index (χ0v) is 12.1. The molecule has 5 nitrogen and oxygen atoms in total. The summed E-state index contributed by atoms with van der Waals surface area (Å²) >= 11 is 0. The van der Waals surface area contributed by atoms with Crippen LogP contribution >= 0.6 is 0 Å². The molecule has 2 heterocycles. The average Bonchev–Trinajstić information content (AvgIpc) is 2.95. The van der Waals surface area contributed by atoms with Crippen molar-refractivity contribution in [3.8, 4) is 0 Å². The Kier molecular flexibility index (Phi) is 3.90. The molecule has 1 saturated heterocycles. The number of carbonyl (C=O) groups is 1. The van der Waals surface area contributed by atoms with Gasteiger partial charge in [-0.25, -0.2) is 4.98 Å². The summed E-state index contributed by atoms with van der Waals surface area (Å²) in [6, 6.07) is 10.6. The summed E-state index contributed by atoms with van der Waals surface area (Å²) in [6.45, 7) is 3.65. The third-order valence-electron chi connectivity index (χ3n) is 3.91. The van der Waals surface area contributed by atoms with Crippen molar-refractivity contribution in [1.82, 2.24) is 10.3 Å². The smallest absolute Gasteiger partial charge is 0.273 e. The van der Waals surface area contributed by atoms with Gasteiger partial charge in [0.25, 0.3) is 5.91 Å². The van der Waals surface area contributed by atoms with E-state index >= 15 is 0 Å². The summed E-state index contributed by atoms with van der Waals surface area (Å²) in [5.74, 6) is 0.425. The van der Waals surface area contributed by atoms with Crippen molar-refractivity contribution in [2.75, 3.05) is 18.0 Å². The molecule has 0 bridgehead atoms. The number of hydrogen-bond donors (Lipinski definition) is 1. The fourth-order valence-electron chi connectivity index (χ4n) is 2.70. The predicted molar refractivity (Wildman–Crippen MR) is 80.4 cm³/mol. The van der Waals surface area contributed by atoms with Crippen LogP contribution in [-0.4, -0.2) is 30.0 Å². The zero-order chi connectivity index (χ0) is 14.7. The zero-order valence-electron chi connectivity index (χ0n) is 12.1. The van der Waals surface area contributed by atoms with Gasteiger partial charge in [-0.3, -0.25) is 4.79 Å². The molecule has 0 unspecified atom stereocenters. The largest absolute Gasteiger partial charge is 0.448 e. The van der Waals surface area contributed by atoms with Gasteiger partial charge in [-0.15, -0.1) is 0 Å². The van der Waals surface area contributed by atoms with Crippen LogP contribution in [0.15, 0.2) is 41.1 Å². The number of oxazole rings is 1. The lowest BCUT2D eigenvalue weighted by Crippen LogP contribution is -2.44. The number of piperidine rings is 1. The number of nitrogens with one attached hydrogen (secondary N) is 1. The predicted octanol–water partition coefficient (Wildman–Crippen LogP) is 2.38. The highest BCUT2D eigenvalue weighted by Gasteiger charge is 2.23. The number of carbonyl (C=O) groups excluding carboxylic acids is 1. The van der Waals surface area contributed by atoms with Crippen LogP contribution < -0.4 is 10.2 Å². The second-order valence-corrected chi connectivity index (χ2v) is 5.33. The highest BCUT2D eigenvalue weighted by atomic mass is 16.3. The lowest BCUT2D eigenvalue weighted by atomic mass is 10.0. The molecule has 1 aliphatic heterocycles. The fraction of sp³-hybridized carbons (Fsp3) is 0.375. The molecular formula is C16H19N3O2. The van der Waals surface area contributed by atoms with Gasteiger partial charge in [-0.1, -0.05) is 18.2 Å². The summed E-state index contributed by atoms with van der Waals surface area (Å²) in [4.78, 5) is 18.4. The summed E-state index contributed by atoms with van der Waals surface area (Å²) in [5.41, 5.74) is 1.63. The van der Waals surface area contributed by atoms with Crippen LogP contribution in [0.4, 0.5) is 5.69 Å². The van der Waals surface area contributed by atoms with Gasteiger partial charge in [0.05, 0.1) is 0 Å². The van der Waals surface area contributed by atoms with Crippen molar-refractivity contribution in [1.29, 1.82) is 0 Å². The van der Waals surface area contributed by atoms with Gasteiger partial charge >= 0.3 is 0 Å². The Bertz CT molecular complexity index is 601. The maximum Gasteiger partial charge on any atom is 0.273 e. The molecule has 0 spiro atoms. The van der Waals surface area contributed by atoms with Crippen LogP contribution in [0.3, 0.4) is 0 Å². The number of rotatable bonds is 3. The van der Waals surface area contributed by atoms with Crippen LogP contribution in [-0.2, 0) is 0 Å². The van der Waals surface area contributed by atoms with Crippen molar-refractivity contribution < 1.29 is 9.21 Å². The van der Waals surface area contributed by atoms with Crippen molar-refractivity contribution in [2.24, 2.45) is 0 Å². The van der Waals surface area contributed by atoms with Gasteiger partial charge in [0, 0.05) is 24.8 Å². The van der Waals surface area contributed by atoms with Gasteiger partial charge in [0.15, 0.2) is 12.1 Å². The molecule has 1 aromatic heterocycles. The molecule has 3 rings (SSSR count). The van der Waals surface area contributed by atoms with Crippen LogP contribution in [0, 0.1) is 6.92 Å². The van der Waals surface area contributed by atoms with E-state index in [-0.39, 0.29) is 11.9 Å². The first-order chi connectivity index (χ1) is 10.2. The first-order valence-electron chi connectivity index (χ1n) is 7.25. The van der Waals surface area contributed by atoms with E-state index in [1.807, 2.05) is 6.07 Å². The molecule has 0 saturated carbocycles. The maximum atomic E-state index is 12.1. The Balaban J connectivity index is 1.55. The van der Waals surface area contributed by atoms with E-state index in [0.29, 0.717) is 11.5 Å². The van der Waals surface area contributed by atoms with Crippen LogP contribution in [0.2, 0.25) is 0 Å². The average molecular weight is 285 g/mol. The number of aromatic nitrogens is 1. The van der Waals surface area contributed by atoms with Gasteiger partial charge < -0.3 is 14.6 Å². The SMILES string of the molecule is Cc1ocnc1C(=O)NC1CCN(c2ccccc2)CC1. The Labute approximate surface area is 124 Å². The first-order valence-corrected chi connectivity index (χ1v) is 7.25. The molecule has 2 aromatic rings. The van der Waals surface area contributed by atoms with Gasteiger partial charge in [0.1, 0.15) is 5.76 Å². The summed E-state index contributed by atoms with van der Waals surface area (Å²) in [6.07, 6.45) is 3.19. The number of nitrogens with zero attached hydrogens (tertiary/aromatic N) is 2. The topological polar surface area (TPSA) is 58.4 Å². The fourth-order valence-corrected chi connectivity index (χ4v) is 2.70. The van der Waals surface area contributed by atoms with Crippen LogP contribution in [0.1, 0.15) is 29.1 Å². The van der Waals surface area contributed by atoms with Crippen molar-refractivity contribution >= 4 is 11.6 Å². The number of aryl methyl sites for hydroxylation is 1. The molecule has 1 fully saturated rings. The summed E-state index contributed by atoms with van der Waals surface area (Å²) in [5, 5.41) is 3.05. The summed E-state index contributed by atoms with van der Waals surface area (Å²) in [7, 11) is 0. The monoisotopic (exact) mass is 285 g/mol. The second kappa shape index (κ2) is 5.99.